The Morgan fingerprint density at radius 2 is 2.44 bits per heavy atom. The van der Waals surface area contributed by atoms with Crippen LogP contribution in [-0.2, 0) is 6.42 Å². The summed E-state index contributed by atoms with van der Waals surface area (Å²) in [4.78, 5) is 16.4. The molecule has 1 aromatic rings. The number of carbonyl (C=O) groups is 1. The highest BCUT2D eigenvalue weighted by Gasteiger charge is 2.35. The molecule has 0 saturated heterocycles. The summed E-state index contributed by atoms with van der Waals surface area (Å²) in [7, 11) is 0. The molecular weight excluding hydrogens is 246 g/mol. The van der Waals surface area contributed by atoms with Crippen LogP contribution < -0.4 is 11.1 Å². The molecule has 0 bridgehead atoms. The molecule has 1 fully saturated rings. The van der Waals surface area contributed by atoms with Crippen LogP contribution >= 0.6 is 11.3 Å². The van der Waals surface area contributed by atoms with Crippen LogP contribution in [0.3, 0.4) is 0 Å². The zero-order valence-corrected chi connectivity index (χ0v) is 11.8. The standard InChI is InChI=1S/C13H21N3OS/c1-13(2)6-3-4-10(13)16-12(17)9-8-18-11(15-9)5-7-14/h8,10H,3-7,14H2,1-2H3,(H,16,17). The lowest BCUT2D eigenvalue weighted by molar-refractivity contribution is 0.0905. The van der Waals surface area contributed by atoms with Gasteiger partial charge in [-0.2, -0.15) is 0 Å². The molecule has 1 heterocycles. The molecule has 5 heteroatoms. The van der Waals surface area contributed by atoms with Crippen molar-refractivity contribution in [3.63, 3.8) is 0 Å². The molecule has 0 aliphatic heterocycles. The Morgan fingerprint density at radius 3 is 3.06 bits per heavy atom. The third kappa shape index (κ3) is 2.90. The maximum Gasteiger partial charge on any atom is 0.270 e. The van der Waals surface area contributed by atoms with Crippen molar-refractivity contribution >= 4 is 17.2 Å². The van der Waals surface area contributed by atoms with Crippen molar-refractivity contribution in [3.05, 3.63) is 16.1 Å². The fourth-order valence-corrected chi connectivity index (χ4v) is 3.27. The number of nitrogens with zero attached hydrogens (tertiary/aromatic N) is 1. The second kappa shape index (κ2) is 5.36. The van der Waals surface area contributed by atoms with E-state index in [4.69, 9.17) is 5.73 Å². The van der Waals surface area contributed by atoms with E-state index < -0.39 is 0 Å². The quantitative estimate of drug-likeness (QED) is 0.876. The Balaban J connectivity index is 1.98. The van der Waals surface area contributed by atoms with E-state index in [1.807, 2.05) is 5.38 Å². The molecule has 1 unspecified atom stereocenters. The Hall–Kier alpha value is -0.940. The molecule has 0 aromatic carbocycles. The summed E-state index contributed by atoms with van der Waals surface area (Å²) in [6.07, 6.45) is 4.17. The van der Waals surface area contributed by atoms with Gasteiger partial charge >= 0.3 is 0 Å². The largest absolute Gasteiger partial charge is 0.347 e. The first kappa shape index (κ1) is 13.5. The lowest BCUT2D eigenvalue weighted by Gasteiger charge is -2.27. The Morgan fingerprint density at radius 1 is 1.67 bits per heavy atom. The van der Waals surface area contributed by atoms with Gasteiger partial charge in [0, 0.05) is 17.8 Å². The van der Waals surface area contributed by atoms with E-state index >= 15 is 0 Å². The van der Waals surface area contributed by atoms with E-state index in [9.17, 15) is 4.79 Å². The summed E-state index contributed by atoms with van der Waals surface area (Å²) in [6, 6.07) is 0.268. The number of carbonyl (C=O) groups excluding carboxylic acids is 1. The van der Waals surface area contributed by atoms with Gasteiger partial charge in [-0.15, -0.1) is 11.3 Å². The molecule has 2 rings (SSSR count). The van der Waals surface area contributed by atoms with Crippen LogP contribution in [0.25, 0.3) is 0 Å². The molecule has 1 saturated carbocycles. The van der Waals surface area contributed by atoms with E-state index in [1.165, 1.54) is 24.2 Å². The Labute approximate surface area is 112 Å². The van der Waals surface area contributed by atoms with Crippen molar-refractivity contribution in [2.45, 2.75) is 45.6 Å². The minimum Gasteiger partial charge on any atom is -0.347 e. The summed E-state index contributed by atoms with van der Waals surface area (Å²) in [6.45, 7) is 5.00. The summed E-state index contributed by atoms with van der Waals surface area (Å²) in [5, 5.41) is 5.87. The number of hydrogen-bond acceptors (Lipinski definition) is 4. The van der Waals surface area contributed by atoms with Crippen LogP contribution in [0.4, 0.5) is 0 Å². The fourth-order valence-electron chi connectivity index (χ4n) is 2.48. The van der Waals surface area contributed by atoms with Crippen molar-refractivity contribution < 1.29 is 4.79 Å². The maximum absolute atomic E-state index is 12.1. The predicted octanol–water partition coefficient (Wildman–Crippen LogP) is 1.95. The molecule has 18 heavy (non-hydrogen) atoms. The molecule has 3 N–H and O–H groups in total. The second-order valence-corrected chi connectivity index (χ2v) is 6.51. The zero-order chi connectivity index (χ0) is 13.2. The van der Waals surface area contributed by atoms with E-state index in [0.29, 0.717) is 12.2 Å². The molecule has 1 aliphatic rings. The highest BCUT2D eigenvalue weighted by Crippen LogP contribution is 2.37. The maximum atomic E-state index is 12.1. The van der Waals surface area contributed by atoms with Crippen LogP contribution in [0.5, 0.6) is 0 Å². The molecule has 1 aromatic heterocycles. The average Bonchev–Trinajstić information content (AvgIpc) is 2.87. The van der Waals surface area contributed by atoms with Crippen LogP contribution in [0, 0.1) is 5.41 Å². The molecule has 0 radical (unpaired) electrons. The number of nitrogens with one attached hydrogen (secondary N) is 1. The lowest BCUT2D eigenvalue weighted by atomic mass is 9.87. The molecule has 1 aliphatic carbocycles. The van der Waals surface area contributed by atoms with Gasteiger partial charge in [-0.1, -0.05) is 20.3 Å². The van der Waals surface area contributed by atoms with E-state index in [1.54, 1.807) is 0 Å². The van der Waals surface area contributed by atoms with Crippen LogP contribution in [0.1, 0.15) is 48.6 Å². The molecule has 0 spiro atoms. The van der Waals surface area contributed by atoms with Gasteiger partial charge in [0.15, 0.2) is 0 Å². The predicted molar refractivity (Wildman–Crippen MR) is 73.8 cm³/mol. The highest BCUT2D eigenvalue weighted by molar-refractivity contribution is 7.09. The topological polar surface area (TPSA) is 68.0 Å². The smallest absolute Gasteiger partial charge is 0.270 e. The molecular formula is C13H21N3OS. The van der Waals surface area contributed by atoms with Crippen molar-refractivity contribution in [2.75, 3.05) is 6.54 Å². The number of hydrogen-bond donors (Lipinski definition) is 2. The van der Waals surface area contributed by atoms with Crippen LogP contribution in [0.2, 0.25) is 0 Å². The average molecular weight is 267 g/mol. The van der Waals surface area contributed by atoms with Crippen molar-refractivity contribution in [2.24, 2.45) is 11.1 Å². The van der Waals surface area contributed by atoms with Crippen LogP contribution in [-0.4, -0.2) is 23.5 Å². The first-order valence-corrected chi connectivity index (χ1v) is 7.36. The normalized spacial score (nSPS) is 22.1. The Kier molecular flexibility index (Phi) is 4.02. The SMILES string of the molecule is CC1(C)CCCC1NC(=O)c1csc(CCN)n1. The summed E-state index contributed by atoms with van der Waals surface area (Å²) >= 11 is 1.51. The number of rotatable bonds is 4. The lowest BCUT2D eigenvalue weighted by Crippen LogP contribution is -2.41. The third-order valence-electron chi connectivity index (χ3n) is 3.71. The van der Waals surface area contributed by atoms with Crippen molar-refractivity contribution in [1.29, 1.82) is 0 Å². The van der Waals surface area contributed by atoms with Gasteiger partial charge in [-0.25, -0.2) is 4.98 Å². The number of amides is 1. The van der Waals surface area contributed by atoms with Gasteiger partial charge in [0.05, 0.1) is 5.01 Å². The summed E-state index contributed by atoms with van der Waals surface area (Å²) < 4.78 is 0. The van der Waals surface area contributed by atoms with Crippen molar-refractivity contribution in [1.82, 2.24) is 10.3 Å². The highest BCUT2D eigenvalue weighted by atomic mass is 32.1. The number of nitrogens with two attached hydrogens (primary N) is 1. The summed E-state index contributed by atoms with van der Waals surface area (Å²) in [5.74, 6) is -0.0468. The van der Waals surface area contributed by atoms with Gasteiger partial charge < -0.3 is 11.1 Å². The molecule has 4 nitrogen and oxygen atoms in total. The van der Waals surface area contributed by atoms with Gasteiger partial charge in [0.1, 0.15) is 5.69 Å². The minimum absolute atomic E-state index is 0.0468. The number of thiazole rings is 1. The van der Waals surface area contributed by atoms with E-state index in [2.05, 4.69) is 24.1 Å². The molecule has 100 valence electrons. The summed E-state index contributed by atoms with van der Waals surface area (Å²) in [5.41, 5.74) is 6.21. The van der Waals surface area contributed by atoms with Gasteiger partial charge in [-0.05, 0) is 24.8 Å². The monoisotopic (exact) mass is 267 g/mol. The minimum atomic E-state index is -0.0468. The molecule has 1 amide bonds. The van der Waals surface area contributed by atoms with E-state index in [0.717, 1.165) is 17.8 Å². The van der Waals surface area contributed by atoms with E-state index in [-0.39, 0.29) is 17.4 Å². The first-order chi connectivity index (χ1) is 8.53. The van der Waals surface area contributed by atoms with Gasteiger partial charge in [-0.3, -0.25) is 4.79 Å². The Bertz CT molecular complexity index is 428. The first-order valence-electron chi connectivity index (χ1n) is 6.48. The third-order valence-corrected chi connectivity index (χ3v) is 4.61. The zero-order valence-electron chi connectivity index (χ0n) is 11.0. The van der Waals surface area contributed by atoms with Crippen LogP contribution in [0.15, 0.2) is 5.38 Å². The molecule has 1 atom stereocenters. The van der Waals surface area contributed by atoms with Gasteiger partial charge in [0.2, 0.25) is 0 Å². The number of aromatic nitrogens is 1. The second-order valence-electron chi connectivity index (χ2n) is 5.57. The van der Waals surface area contributed by atoms with Gasteiger partial charge in [0.25, 0.3) is 5.91 Å². The fraction of sp³-hybridized carbons (Fsp3) is 0.692. The van der Waals surface area contributed by atoms with Crippen molar-refractivity contribution in [3.8, 4) is 0 Å².